The van der Waals surface area contributed by atoms with E-state index in [1.165, 1.54) is 0 Å². The minimum Gasteiger partial charge on any atom is -0.490 e. The maximum atomic E-state index is 12.1. The molecule has 136 valence electrons. The van der Waals surface area contributed by atoms with Gasteiger partial charge in [-0.15, -0.1) is 0 Å². The second-order valence-corrected chi connectivity index (χ2v) is 6.05. The zero-order valence-corrected chi connectivity index (χ0v) is 14.7. The van der Waals surface area contributed by atoms with E-state index < -0.39 is 0 Å². The molecular formula is C20H22N2O4. The Morgan fingerprint density at radius 1 is 1.04 bits per heavy atom. The summed E-state index contributed by atoms with van der Waals surface area (Å²) in [4.78, 5) is 24.2. The molecule has 0 atom stereocenters. The molecule has 0 saturated heterocycles. The van der Waals surface area contributed by atoms with Crippen molar-refractivity contribution in [3.63, 3.8) is 0 Å². The molecule has 0 bridgehead atoms. The van der Waals surface area contributed by atoms with Crippen LogP contribution in [0.3, 0.4) is 0 Å². The number of amides is 2. The predicted molar refractivity (Wildman–Crippen MR) is 98.7 cm³/mol. The van der Waals surface area contributed by atoms with Crippen LogP contribution in [0.25, 0.3) is 0 Å². The number of nitrogens with one attached hydrogen (secondary N) is 2. The molecular weight excluding hydrogens is 332 g/mol. The summed E-state index contributed by atoms with van der Waals surface area (Å²) in [5.41, 5.74) is 1.08. The summed E-state index contributed by atoms with van der Waals surface area (Å²) >= 11 is 0. The lowest BCUT2D eigenvalue weighted by Gasteiger charge is -2.12. The van der Waals surface area contributed by atoms with Crippen molar-refractivity contribution in [3.05, 3.63) is 54.1 Å². The number of carbonyl (C=O) groups is 2. The van der Waals surface area contributed by atoms with E-state index in [0.29, 0.717) is 35.4 Å². The van der Waals surface area contributed by atoms with Gasteiger partial charge in [-0.1, -0.05) is 18.2 Å². The second-order valence-electron chi connectivity index (χ2n) is 6.05. The Kier molecular flexibility index (Phi) is 5.73. The molecule has 26 heavy (non-hydrogen) atoms. The van der Waals surface area contributed by atoms with Gasteiger partial charge in [-0.3, -0.25) is 9.59 Å². The van der Waals surface area contributed by atoms with E-state index in [-0.39, 0.29) is 18.4 Å². The van der Waals surface area contributed by atoms with Gasteiger partial charge < -0.3 is 20.1 Å². The first-order valence-electron chi connectivity index (χ1n) is 8.71. The van der Waals surface area contributed by atoms with Crippen molar-refractivity contribution in [1.82, 2.24) is 5.32 Å². The van der Waals surface area contributed by atoms with Gasteiger partial charge in [0.1, 0.15) is 0 Å². The molecule has 1 aliphatic carbocycles. The highest BCUT2D eigenvalue weighted by Crippen LogP contribution is 2.26. The molecule has 2 aromatic rings. The minimum absolute atomic E-state index is 0.120. The SMILES string of the molecule is CCOc1ccccc1OCC(=O)Nc1cccc(C(=O)NC2CC2)c1. The number of ether oxygens (including phenoxy) is 2. The summed E-state index contributed by atoms with van der Waals surface area (Å²) in [5, 5.41) is 5.67. The highest BCUT2D eigenvalue weighted by Gasteiger charge is 2.23. The third-order valence-electron chi connectivity index (χ3n) is 3.83. The van der Waals surface area contributed by atoms with Crippen molar-refractivity contribution in [2.45, 2.75) is 25.8 Å². The van der Waals surface area contributed by atoms with Gasteiger partial charge in [-0.05, 0) is 50.1 Å². The van der Waals surface area contributed by atoms with E-state index in [1.54, 1.807) is 36.4 Å². The Hall–Kier alpha value is -3.02. The molecule has 0 aromatic heterocycles. The number of hydrogen-bond donors (Lipinski definition) is 2. The molecule has 0 unspecified atom stereocenters. The summed E-state index contributed by atoms with van der Waals surface area (Å²) in [5.74, 6) is 0.685. The van der Waals surface area contributed by atoms with Gasteiger partial charge >= 0.3 is 0 Å². The number of benzene rings is 2. The van der Waals surface area contributed by atoms with E-state index in [4.69, 9.17) is 9.47 Å². The van der Waals surface area contributed by atoms with Crippen LogP contribution in [0.1, 0.15) is 30.1 Å². The van der Waals surface area contributed by atoms with Crippen molar-refractivity contribution in [2.75, 3.05) is 18.5 Å². The van der Waals surface area contributed by atoms with E-state index in [2.05, 4.69) is 10.6 Å². The molecule has 0 heterocycles. The standard InChI is InChI=1S/C20H22N2O4/c1-2-25-17-8-3-4-9-18(17)26-13-19(23)21-16-7-5-6-14(12-16)20(24)22-15-10-11-15/h3-9,12,15H,2,10-11,13H2,1H3,(H,21,23)(H,22,24). The van der Waals surface area contributed by atoms with Crippen LogP contribution in [0.2, 0.25) is 0 Å². The van der Waals surface area contributed by atoms with Gasteiger partial charge in [0.15, 0.2) is 18.1 Å². The average molecular weight is 354 g/mol. The lowest BCUT2D eigenvalue weighted by Crippen LogP contribution is -2.25. The number of rotatable bonds is 8. The molecule has 6 heteroatoms. The zero-order chi connectivity index (χ0) is 18.4. The Labute approximate surface area is 152 Å². The van der Waals surface area contributed by atoms with Crippen LogP contribution in [0, 0.1) is 0 Å². The first kappa shape index (κ1) is 17.8. The highest BCUT2D eigenvalue weighted by molar-refractivity contribution is 5.97. The number of anilines is 1. The minimum atomic E-state index is -0.309. The third kappa shape index (κ3) is 4.99. The van der Waals surface area contributed by atoms with Gasteiger partial charge in [0.25, 0.3) is 11.8 Å². The van der Waals surface area contributed by atoms with Crippen molar-refractivity contribution in [3.8, 4) is 11.5 Å². The number of para-hydroxylation sites is 2. The van der Waals surface area contributed by atoms with Crippen LogP contribution in [-0.4, -0.2) is 31.1 Å². The van der Waals surface area contributed by atoms with Crippen LogP contribution in [0.5, 0.6) is 11.5 Å². The van der Waals surface area contributed by atoms with Gasteiger partial charge in [0.05, 0.1) is 6.61 Å². The van der Waals surface area contributed by atoms with E-state index in [0.717, 1.165) is 12.8 Å². The van der Waals surface area contributed by atoms with E-state index in [9.17, 15) is 9.59 Å². The van der Waals surface area contributed by atoms with Crippen LogP contribution in [-0.2, 0) is 4.79 Å². The van der Waals surface area contributed by atoms with E-state index in [1.807, 2.05) is 19.1 Å². The van der Waals surface area contributed by atoms with Crippen LogP contribution >= 0.6 is 0 Å². The molecule has 0 spiro atoms. The molecule has 1 aliphatic rings. The molecule has 3 rings (SSSR count). The van der Waals surface area contributed by atoms with Crippen molar-refractivity contribution in [2.24, 2.45) is 0 Å². The zero-order valence-electron chi connectivity index (χ0n) is 14.7. The first-order valence-corrected chi connectivity index (χ1v) is 8.71. The van der Waals surface area contributed by atoms with Crippen molar-refractivity contribution < 1.29 is 19.1 Å². The van der Waals surface area contributed by atoms with Crippen LogP contribution < -0.4 is 20.1 Å². The maximum Gasteiger partial charge on any atom is 0.262 e. The largest absolute Gasteiger partial charge is 0.490 e. The summed E-state index contributed by atoms with van der Waals surface area (Å²) < 4.78 is 11.0. The quantitative estimate of drug-likeness (QED) is 0.764. The second kappa shape index (κ2) is 8.38. The Bertz CT molecular complexity index is 787. The topological polar surface area (TPSA) is 76.7 Å². The molecule has 0 aliphatic heterocycles. The third-order valence-corrected chi connectivity index (χ3v) is 3.83. The predicted octanol–water partition coefficient (Wildman–Crippen LogP) is 3.00. The van der Waals surface area contributed by atoms with Gasteiger partial charge in [-0.25, -0.2) is 0 Å². The summed E-state index contributed by atoms with van der Waals surface area (Å²) in [6.07, 6.45) is 2.06. The van der Waals surface area contributed by atoms with Crippen LogP contribution in [0.15, 0.2) is 48.5 Å². The first-order chi connectivity index (χ1) is 12.7. The fraction of sp³-hybridized carbons (Fsp3) is 0.300. The lowest BCUT2D eigenvalue weighted by molar-refractivity contribution is -0.118. The van der Waals surface area contributed by atoms with Crippen molar-refractivity contribution in [1.29, 1.82) is 0 Å². The van der Waals surface area contributed by atoms with Gasteiger partial charge in [0.2, 0.25) is 0 Å². The molecule has 2 aromatic carbocycles. The maximum absolute atomic E-state index is 12.1. The summed E-state index contributed by atoms with van der Waals surface area (Å²) in [6, 6.07) is 14.3. The molecule has 2 amide bonds. The fourth-order valence-corrected chi connectivity index (χ4v) is 2.42. The Balaban J connectivity index is 1.55. The smallest absolute Gasteiger partial charge is 0.262 e. The van der Waals surface area contributed by atoms with Gasteiger partial charge in [0, 0.05) is 17.3 Å². The molecule has 1 fully saturated rings. The molecule has 2 N–H and O–H groups in total. The number of carbonyl (C=O) groups excluding carboxylic acids is 2. The normalized spacial score (nSPS) is 13.0. The Morgan fingerprint density at radius 2 is 1.77 bits per heavy atom. The Morgan fingerprint density at radius 3 is 2.46 bits per heavy atom. The highest BCUT2D eigenvalue weighted by atomic mass is 16.5. The van der Waals surface area contributed by atoms with Gasteiger partial charge in [-0.2, -0.15) is 0 Å². The fourth-order valence-electron chi connectivity index (χ4n) is 2.42. The molecule has 0 radical (unpaired) electrons. The molecule has 1 saturated carbocycles. The molecule has 6 nitrogen and oxygen atoms in total. The van der Waals surface area contributed by atoms with Crippen molar-refractivity contribution >= 4 is 17.5 Å². The lowest BCUT2D eigenvalue weighted by atomic mass is 10.2. The van der Waals surface area contributed by atoms with Crippen LogP contribution in [0.4, 0.5) is 5.69 Å². The monoisotopic (exact) mass is 354 g/mol. The number of hydrogen-bond acceptors (Lipinski definition) is 4. The van der Waals surface area contributed by atoms with E-state index >= 15 is 0 Å². The average Bonchev–Trinajstić information content (AvgIpc) is 3.45. The summed E-state index contributed by atoms with van der Waals surface area (Å²) in [6.45, 7) is 2.25. The summed E-state index contributed by atoms with van der Waals surface area (Å²) in [7, 11) is 0.